The number of fused-ring (bicyclic) bond motifs is 4. The number of aromatic hydroxyl groups is 1. The Bertz CT molecular complexity index is 1050. The highest BCUT2D eigenvalue weighted by molar-refractivity contribution is 8.00. The maximum absolute atomic E-state index is 12.8. The van der Waals surface area contributed by atoms with Crippen molar-refractivity contribution in [2.24, 2.45) is 11.3 Å². The summed E-state index contributed by atoms with van der Waals surface area (Å²) in [4.78, 5) is 24.4. The van der Waals surface area contributed by atoms with Crippen molar-refractivity contribution in [3.8, 4) is 5.75 Å². The van der Waals surface area contributed by atoms with Crippen molar-refractivity contribution in [1.82, 2.24) is 16.0 Å². The SMILES string of the molecule is CC(C)c1cc2c(cc1O)[C@@]1(C)CCC[C@@](C)(CNC(=O)CCCC[C@H]3SCC4NC(=O)NC43)[C@@H]1CC2. The number of aryl methyl sites for hydroxylation is 1. The van der Waals surface area contributed by atoms with Gasteiger partial charge in [0.1, 0.15) is 5.75 Å². The van der Waals surface area contributed by atoms with E-state index in [1.54, 1.807) is 0 Å². The molecule has 2 heterocycles. The summed E-state index contributed by atoms with van der Waals surface area (Å²) in [7, 11) is 0. The smallest absolute Gasteiger partial charge is 0.315 e. The van der Waals surface area contributed by atoms with E-state index in [2.05, 4.69) is 55.8 Å². The Morgan fingerprint density at radius 2 is 2.03 bits per heavy atom. The van der Waals surface area contributed by atoms with Crippen LogP contribution in [0.15, 0.2) is 12.1 Å². The monoisotopic (exact) mass is 527 g/mol. The van der Waals surface area contributed by atoms with Crippen molar-refractivity contribution in [2.75, 3.05) is 12.3 Å². The fourth-order valence-electron chi connectivity index (χ4n) is 7.99. The number of hydrogen-bond donors (Lipinski definition) is 4. The maximum atomic E-state index is 12.8. The van der Waals surface area contributed by atoms with Crippen LogP contribution in [0.3, 0.4) is 0 Å². The summed E-state index contributed by atoms with van der Waals surface area (Å²) in [5, 5.41) is 20.6. The van der Waals surface area contributed by atoms with E-state index in [-0.39, 0.29) is 34.9 Å². The first-order valence-electron chi connectivity index (χ1n) is 14.4. The molecule has 5 rings (SSSR count). The molecule has 1 aromatic rings. The number of carbonyl (C=O) groups excluding carboxylic acids is 2. The zero-order valence-corrected chi connectivity index (χ0v) is 23.8. The Kier molecular flexibility index (Phi) is 7.47. The van der Waals surface area contributed by atoms with Crippen LogP contribution < -0.4 is 16.0 Å². The van der Waals surface area contributed by atoms with Crippen molar-refractivity contribution in [2.45, 2.75) is 114 Å². The number of benzene rings is 1. The molecule has 6 atom stereocenters. The van der Waals surface area contributed by atoms with Gasteiger partial charge in [-0.05, 0) is 83.9 Å². The minimum atomic E-state index is -0.0365. The van der Waals surface area contributed by atoms with E-state index >= 15 is 0 Å². The second kappa shape index (κ2) is 10.3. The number of thioether (sulfide) groups is 1. The summed E-state index contributed by atoms with van der Waals surface area (Å²) in [6.07, 6.45) is 9.16. The number of hydrogen-bond acceptors (Lipinski definition) is 4. The lowest BCUT2D eigenvalue weighted by atomic mass is 9.49. The van der Waals surface area contributed by atoms with Gasteiger partial charge in [0.05, 0.1) is 12.1 Å². The molecular formula is C30H45N3O3S. The highest BCUT2D eigenvalue weighted by Gasteiger charge is 2.52. The molecule has 4 aliphatic rings. The van der Waals surface area contributed by atoms with E-state index in [1.807, 2.05) is 11.8 Å². The van der Waals surface area contributed by atoms with Gasteiger partial charge in [-0.15, -0.1) is 0 Å². The van der Waals surface area contributed by atoms with Gasteiger partial charge in [0.2, 0.25) is 5.91 Å². The quantitative estimate of drug-likeness (QED) is 0.270. The number of urea groups is 1. The zero-order chi connectivity index (χ0) is 26.4. The van der Waals surface area contributed by atoms with Gasteiger partial charge in [0, 0.05) is 24.0 Å². The molecule has 1 aromatic carbocycles. The maximum Gasteiger partial charge on any atom is 0.315 e. The Morgan fingerprint density at radius 1 is 1.22 bits per heavy atom. The van der Waals surface area contributed by atoms with Gasteiger partial charge in [0.15, 0.2) is 0 Å². The van der Waals surface area contributed by atoms with Crippen LogP contribution in [0.5, 0.6) is 5.75 Å². The predicted molar refractivity (Wildman–Crippen MR) is 150 cm³/mol. The molecule has 7 heteroatoms. The highest BCUT2D eigenvalue weighted by atomic mass is 32.2. The number of carbonyl (C=O) groups is 2. The third kappa shape index (κ3) is 5.09. The molecule has 0 radical (unpaired) electrons. The third-order valence-electron chi connectivity index (χ3n) is 10.0. The summed E-state index contributed by atoms with van der Waals surface area (Å²) in [5.41, 5.74) is 3.91. The van der Waals surface area contributed by atoms with Crippen LogP contribution in [0.4, 0.5) is 4.79 Å². The van der Waals surface area contributed by atoms with E-state index < -0.39 is 0 Å². The normalized spacial score (nSPS) is 34.4. The van der Waals surface area contributed by atoms with Gasteiger partial charge in [-0.1, -0.05) is 46.6 Å². The summed E-state index contributed by atoms with van der Waals surface area (Å²) in [6.45, 7) is 9.80. The first kappa shape index (κ1) is 26.7. The Labute approximate surface area is 226 Å². The van der Waals surface area contributed by atoms with Crippen LogP contribution in [0.25, 0.3) is 0 Å². The van der Waals surface area contributed by atoms with Gasteiger partial charge in [-0.3, -0.25) is 4.79 Å². The molecule has 0 aromatic heterocycles. The molecule has 2 aliphatic heterocycles. The number of rotatable bonds is 8. The van der Waals surface area contributed by atoms with E-state index in [0.29, 0.717) is 29.3 Å². The van der Waals surface area contributed by atoms with E-state index in [9.17, 15) is 14.7 Å². The molecule has 204 valence electrons. The Hall–Kier alpha value is -1.89. The number of unbranched alkanes of at least 4 members (excludes halogenated alkanes) is 1. The average Bonchev–Trinajstić information content (AvgIpc) is 3.39. The molecule has 1 saturated carbocycles. The fraction of sp³-hybridized carbons (Fsp3) is 0.733. The van der Waals surface area contributed by atoms with Gasteiger partial charge >= 0.3 is 6.03 Å². The standard InChI is InChI=1S/C30H45N3O3S/c1-18(2)20-14-19-10-11-25-29(3,12-7-13-30(25,4)21(19)15-23(20)34)17-31-26(35)9-6-5-8-24-27-22(16-37-24)32-28(36)33-27/h14-15,18,22,24-25,27,34H,5-13,16-17H2,1-4H3,(H,31,35)(H2,32,33,36)/t22?,24-,25+,27?,29+,30-/m1/s1. The highest BCUT2D eigenvalue weighted by Crippen LogP contribution is 2.57. The van der Waals surface area contributed by atoms with Crippen molar-refractivity contribution in [3.05, 3.63) is 28.8 Å². The van der Waals surface area contributed by atoms with Gasteiger partial charge in [-0.25, -0.2) is 4.79 Å². The van der Waals surface area contributed by atoms with Gasteiger partial charge in [-0.2, -0.15) is 11.8 Å². The van der Waals surface area contributed by atoms with Crippen LogP contribution in [-0.4, -0.2) is 46.7 Å². The van der Waals surface area contributed by atoms with E-state index in [0.717, 1.165) is 69.2 Å². The van der Waals surface area contributed by atoms with Crippen molar-refractivity contribution in [1.29, 1.82) is 0 Å². The molecule has 2 aliphatic carbocycles. The molecule has 2 saturated heterocycles. The third-order valence-corrected chi connectivity index (χ3v) is 11.5. The largest absolute Gasteiger partial charge is 0.508 e. The molecule has 4 N–H and O–H groups in total. The van der Waals surface area contributed by atoms with Crippen LogP contribution in [0.1, 0.15) is 102 Å². The van der Waals surface area contributed by atoms with Gasteiger partial charge in [0.25, 0.3) is 0 Å². The second-order valence-corrected chi connectivity index (χ2v) is 14.2. The lowest BCUT2D eigenvalue weighted by Gasteiger charge is -2.55. The van der Waals surface area contributed by atoms with Gasteiger partial charge < -0.3 is 21.1 Å². The predicted octanol–water partition coefficient (Wildman–Crippen LogP) is 5.37. The molecule has 0 spiro atoms. The summed E-state index contributed by atoms with van der Waals surface area (Å²) < 4.78 is 0. The summed E-state index contributed by atoms with van der Waals surface area (Å²) >= 11 is 1.94. The molecule has 3 fully saturated rings. The zero-order valence-electron chi connectivity index (χ0n) is 23.0. The first-order chi connectivity index (χ1) is 17.6. The summed E-state index contributed by atoms with van der Waals surface area (Å²) in [5.74, 6) is 2.40. The van der Waals surface area contributed by atoms with Crippen LogP contribution in [0, 0.1) is 11.3 Å². The van der Waals surface area contributed by atoms with Crippen molar-refractivity contribution in [3.63, 3.8) is 0 Å². The topological polar surface area (TPSA) is 90.5 Å². The first-order valence-corrected chi connectivity index (χ1v) is 15.5. The lowest BCUT2D eigenvalue weighted by Crippen LogP contribution is -2.53. The Morgan fingerprint density at radius 3 is 2.81 bits per heavy atom. The minimum Gasteiger partial charge on any atom is -0.508 e. The molecule has 37 heavy (non-hydrogen) atoms. The number of nitrogens with one attached hydrogen (secondary N) is 3. The molecule has 3 amide bonds. The van der Waals surface area contributed by atoms with Crippen molar-refractivity contribution >= 4 is 23.7 Å². The van der Waals surface area contributed by atoms with E-state index in [4.69, 9.17) is 0 Å². The van der Waals surface area contributed by atoms with Crippen LogP contribution >= 0.6 is 11.8 Å². The minimum absolute atomic E-state index is 0.0365. The Balaban J connectivity index is 1.15. The lowest BCUT2D eigenvalue weighted by molar-refractivity contribution is -0.122. The average molecular weight is 528 g/mol. The molecule has 6 nitrogen and oxygen atoms in total. The summed E-state index contributed by atoms with van der Waals surface area (Å²) in [6, 6.07) is 4.79. The second-order valence-electron chi connectivity index (χ2n) is 12.9. The van der Waals surface area contributed by atoms with Crippen LogP contribution in [0.2, 0.25) is 0 Å². The molecular weight excluding hydrogens is 482 g/mol. The van der Waals surface area contributed by atoms with Crippen molar-refractivity contribution < 1.29 is 14.7 Å². The number of phenolic OH excluding ortho intramolecular Hbond substituents is 1. The molecule has 2 unspecified atom stereocenters. The molecule has 0 bridgehead atoms. The number of phenols is 1. The van der Waals surface area contributed by atoms with Crippen LogP contribution in [-0.2, 0) is 16.6 Å². The van der Waals surface area contributed by atoms with E-state index in [1.165, 1.54) is 11.1 Å². The fourth-order valence-corrected chi connectivity index (χ4v) is 9.54. The number of amides is 3.